The minimum atomic E-state index is -2.66. The third kappa shape index (κ3) is 3.34. The average molecular weight is 347 g/mol. The SMILES string of the molecule is C[C@H](O)c1ccc(Br)cc1OCc1nccn1C(F)F. The van der Waals surface area contributed by atoms with Crippen molar-refractivity contribution in [2.75, 3.05) is 0 Å². The molecule has 0 amide bonds. The normalized spacial score (nSPS) is 12.7. The molecule has 0 aliphatic carbocycles. The van der Waals surface area contributed by atoms with Crippen LogP contribution in [0, 0.1) is 0 Å². The molecule has 0 fully saturated rings. The van der Waals surface area contributed by atoms with Gasteiger partial charge in [0, 0.05) is 22.4 Å². The van der Waals surface area contributed by atoms with Crippen molar-refractivity contribution in [1.82, 2.24) is 9.55 Å². The third-order valence-electron chi connectivity index (χ3n) is 2.74. The van der Waals surface area contributed by atoms with Gasteiger partial charge in [-0.3, -0.25) is 4.57 Å². The highest BCUT2D eigenvalue weighted by atomic mass is 79.9. The first-order valence-corrected chi connectivity index (χ1v) is 6.68. The van der Waals surface area contributed by atoms with Crippen molar-refractivity contribution in [2.24, 2.45) is 0 Å². The van der Waals surface area contributed by atoms with Crippen LogP contribution in [-0.4, -0.2) is 14.7 Å². The summed E-state index contributed by atoms with van der Waals surface area (Å²) < 4.78 is 32.4. The molecule has 0 bridgehead atoms. The number of rotatable bonds is 5. The molecule has 0 spiro atoms. The quantitative estimate of drug-likeness (QED) is 0.898. The zero-order valence-electron chi connectivity index (χ0n) is 10.6. The van der Waals surface area contributed by atoms with Gasteiger partial charge in [0.1, 0.15) is 12.4 Å². The first-order chi connectivity index (χ1) is 9.49. The smallest absolute Gasteiger partial charge is 0.320 e. The van der Waals surface area contributed by atoms with Gasteiger partial charge in [0.2, 0.25) is 0 Å². The van der Waals surface area contributed by atoms with Gasteiger partial charge in [-0.2, -0.15) is 8.78 Å². The molecule has 4 nitrogen and oxygen atoms in total. The summed E-state index contributed by atoms with van der Waals surface area (Å²) in [6.45, 7) is -1.15. The molecule has 0 radical (unpaired) electrons. The lowest BCUT2D eigenvalue weighted by molar-refractivity contribution is 0.0630. The number of aromatic nitrogens is 2. The Hall–Kier alpha value is -1.47. The second kappa shape index (κ2) is 6.32. The van der Waals surface area contributed by atoms with E-state index in [1.807, 2.05) is 0 Å². The minimum Gasteiger partial charge on any atom is -0.485 e. The predicted molar refractivity (Wildman–Crippen MR) is 72.6 cm³/mol. The van der Waals surface area contributed by atoms with Gasteiger partial charge in [-0.25, -0.2) is 4.98 Å². The van der Waals surface area contributed by atoms with E-state index in [0.29, 0.717) is 11.3 Å². The van der Waals surface area contributed by atoms with Gasteiger partial charge in [-0.1, -0.05) is 22.0 Å². The fourth-order valence-corrected chi connectivity index (χ4v) is 2.09. The first kappa shape index (κ1) is 14.9. The van der Waals surface area contributed by atoms with Crippen molar-refractivity contribution < 1.29 is 18.6 Å². The van der Waals surface area contributed by atoms with Gasteiger partial charge in [-0.05, 0) is 19.1 Å². The molecule has 0 saturated heterocycles. The maximum Gasteiger partial charge on any atom is 0.320 e. The van der Waals surface area contributed by atoms with Gasteiger partial charge in [-0.15, -0.1) is 0 Å². The fourth-order valence-electron chi connectivity index (χ4n) is 1.75. The van der Waals surface area contributed by atoms with E-state index in [1.165, 1.54) is 12.4 Å². The highest BCUT2D eigenvalue weighted by Crippen LogP contribution is 2.29. The Morgan fingerprint density at radius 2 is 2.20 bits per heavy atom. The van der Waals surface area contributed by atoms with Gasteiger partial charge in [0.05, 0.1) is 6.10 Å². The lowest BCUT2D eigenvalue weighted by Gasteiger charge is -2.14. The van der Waals surface area contributed by atoms with Crippen LogP contribution < -0.4 is 4.74 Å². The van der Waals surface area contributed by atoms with Crippen molar-refractivity contribution in [2.45, 2.75) is 26.2 Å². The molecule has 0 aliphatic heterocycles. The highest BCUT2D eigenvalue weighted by molar-refractivity contribution is 9.10. The Kier molecular flexibility index (Phi) is 4.72. The fraction of sp³-hybridized carbons (Fsp3) is 0.308. The van der Waals surface area contributed by atoms with E-state index in [2.05, 4.69) is 20.9 Å². The van der Waals surface area contributed by atoms with Crippen molar-refractivity contribution in [1.29, 1.82) is 0 Å². The predicted octanol–water partition coefficient (Wildman–Crippen LogP) is 3.67. The van der Waals surface area contributed by atoms with Crippen LogP contribution in [0.3, 0.4) is 0 Å². The highest BCUT2D eigenvalue weighted by Gasteiger charge is 2.14. The summed E-state index contributed by atoms with van der Waals surface area (Å²) in [5, 5.41) is 9.66. The van der Waals surface area contributed by atoms with E-state index >= 15 is 0 Å². The third-order valence-corrected chi connectivity index (χ3v) is 3.23. The van der Waals surface area contributed by atoms with Crippen LogP contribution in [0.1, 0.15) is 31.0 Å². The largest absolute Gasteiger partial charge is 0.485 e. The van der Waals surface area contributed by atoms with Gasteiger partial charge >= 0.3 is 6.55 Å². The maximum absolute atomic E-state index is 12.7. The Balaban J connectivity index is 2.18. The van der Waals surface area contributed by atoms with Crippen LogP contribution in [0.2, 0.25) is 0 Å². The van der Waals surface area contributed by atoms with E-state index < -0.39 is 12.7 Å². The summed E-state index contributed by atoms with van der Waals surface area (Å²) in [5.41, 5.74) is 0.586. The lowest BCUT2D eigenvalue weighted by Crippen LogP contribution is -2.08. The van der Waals surface area contributed by atoms with Crippen LogP contribution in [0.4, 0.5) is 8.78 Å². The van der Waals surface area contributed by atoms with Crippen molar-refractivity contribution in [3.63, 3.8) is 0 Å². The lowest BCUT2D eigenvalue weighted by atomic mass is 10.1. The molecule has 1 atom stereocenters. The standard InChI is InChI=1S/C13H13BrF2N2O2/c1-8(19)10-3-2-9(14)6-11(10)20-7-12-17-4-5-18(12)13(15)16/h2-6,8,13,19H,7H2,1H3/t8-/m0/s1. The molecule has 1 heterocycles. The molecule has 0 aliphatic rings. The molecular formula is C13H13BrF2N2O2. The van der Waals surface area contributed by atoms with Crippen LogP contribution >= 0.6 is 15.9 Å². The summed E-state index contributed by atoms with van der Waals surface area (Å²) in [7, 11) is 0. The van der Waals surface area contributed by atoms with Crippen molar-refractivity contribution in [3.05, 3.63) is 46.5 Å². The van der Waals surface area contributed by atoms with Crippen LogP contribution in [0.15, 0.2) is 35.1 Å². The molecule has 2 aromatic rings. The monoisotopic (exact) mass is 346 g/mol. The number of nitrogens with zero attached hydrogens (tertiary/aromatic N) is 2. The Morgan fingerprint density at radius 1 is 1.45 bits per heavy atom. The molecule has 7 heteroatoms. The van der Waals surface area contributed by atoms with E-state index in [4.69, 9.17) is 4.74 Å². The van der Waals surface area contributed by atoms with Crippen LogP contribution in [0.5, 0.6) is 5.75 Å². The number of hydrogen-bond acceptors (Lipinski definition) is 3. The number of hydrogen-bond donors (Lipinski definition) is 1. The number of benzene rings is 1. The van der Waals surface area contributed by atoms with Gasteiger partial charge in [0.15, 0.2) is 5.82 Å². The summed E-state index contributed by atoms with van der Waals surface area (Å²) in [6, 6.07) is 5.16. The first-order valence-electron chi connectivity index (χ1n) is 5.89. The number of aliphatic hydroxyl groups is 1. The van der Waals surface area contributed by atoms with E-state index in [1.54, 1.807) is 25.1 Å². The minimum absolute atomic E-state index is 0.104. The molecule has 20 heavy (non-hydrogen) atoms. The molecule has 1 aromatic carbocycles. The second-order valence-corrected chi connectivity index (χ2v) is 5.09. The molecule has 1 aromatic heterocycles. The number of halogens is 3. The zero-order valence-corrected chi connectivity index (χ0v) is 12.2. The van der Waals surface area contributed by atoms with Crippen molar-refractivity contribution >= 4 is 15.9 Å². The van der Waals surface area contributed by atoms with E-state index in [9.17, 15) is 13.9 Å². The van der Waals surface area contributed by atoms with Crippen LogP contribution in [-0.2, 0) is 6.61 Å². The average Bonchev–Trinajstić information content (AvgIpc) is 2.84. The summed E-state index contributed by atoms with van der Waals surface area (Å²) >= 11 is 3.30. The second-order valence-electron chi connectivity index (χ2n) is 4.18. The van der Waals surface area contributed by atoms with E-state index in [0.717, 1.165) is 9.04 Å². The van der Waals surface area contributed by atoms with Crippen molar-refractivity contribution in [3.8, 4) is 5.75 Å². The summed E-state index contributed by atoms with van der Waals surface area (Å²) in [6.07, 6.45) is 1.77. The molecule has 108 valence electrons. The number of alkyl halides is 2. The molecule has 0 saturated carbocycles. The summed E-state index contributed by atoms with van der Waals surface area (Å²) in [5.74, 6) is 0.551. The Labute approximate surface area is 123 Å². The topological polar surface area (TPSA) is 47.3 Å². The number of aliphatic hydroxyl groups excluding tert-OH is 1. The Morgan fingerprint density at radius 3 is 2.85 bits per heavy atom. The maximum atomic E-state index is 12.7. The van der Waals surface area contributed by atoms with Crippen LogP contribution in [0.25, 0.3) is 0 Å². The molecular weight excluding hydrogens is 334 g/mol. The summed E-state index contributed by atoms with van der Waals surface area (Å²) in [4.78, 5) is 3.83. The number of imidazole rings is 1. The van der Waals surface area contributed by atoms with Gasteiger partial charge in [0.25, 0.3) is 0 Å². The molecule has 2 rings (SSSR count). The molecule has 0 unspecified atom stereocenters. The zero-order chi connectivity index (χ0) is 14.7. The Bertz CT molecular complexity index is 588. The molecule has 1 N–H and O–H groups in total. The van der Waals surface area contributed by atoms with E-state index in [-0.39, 0.29) is 12.4 Å². The number of ether oxygens (including phenoxy) is 1. The van der Waals surface area contributed by atoms with Gasteiger partial charge < -0.3 is 9.84 Å².